The van der Waals surface area contributed by atoms with Crippen molar-refractivity contribution in [3.63, 3.8) is 0 Å². The van der Waals surface area contributed by atoms with Gasteiger partial charge in [-0.15, -0.1) is 0 Å². The second-order valence-corrected chi connectivity index (χ2v) is 3.05. The van der Waals surface area contributed by atoms with Gasteiger partial charge in [0, 0.05) is 15.6 Å². The molecular formula is C7H6Cl2OS. The second kappa shape index (κ2) is 4.21. The summed E-state index contributed by atoms with van der Waals surface area (Å²) in [6.07, 6.45) is 0. The molecule has 0 heterocycles. The molecule has 0 amide bonds. The molecule has 1 rings (SSSR count). The lowest BCUT2D eigenvalue weighted by Crippen LogP contribution is -1.86. The Morgan fingerprint density at radius 2 is 1.82 bits per heavy atom. The highest BCUT2D eigenvalue weighted by molar-refractivity contribution is 7.75. The van der Waals surface area contributed by atoms with Crippen LogP contribution < -0.4 is 0 Å². The fraction of sp³-hybridized carbons (Fsp3) is 0.143. The van der Waals surface area contributed by atoms with Crippen LogP contribution in [0.2, 0.25) is 10.0 Å². The molecule has 0 atom stereocenters. The lowest BCUT2D eigenvalue weighted by Gasteiger charge is -2.03. The van der Waals surface area contributed by atoms with Crippen molar-refractivity contribution in [2.24, 2.45) is 0 Å². The maximum absolute atomic E-state index is 5.81. The van der Waals surface area contributed by atoms with Crippen LogP contribution in [0.25, 0.3) is 0 Å². The van der Waals surface area contributed by atoms with E-state index in [0.29, 0.717) is 16.7 Å². The van der Waals surface area contributed by atoms with Crippen molar-refractivity contribution in [1.29, 1.82) is 0 Å². The minimum atomic E-state index is 0.321. The van der Waals surface area contributed by atoms with Gasteiger partial charge in [0.2, 0.25) is 0 Å². The minimum absolute atomic E-state index is 0.321. The zero-order chi connectivity index (χ0) is 8.27. The summed E-state index contributed by atoms with van der Waals surface area (Å²) in [5, 5.41) is 1.21. The molecule has 1 nitrogen and oxygen atoms in total. The average Bonchev–Trinajstić information content (AvgIpc) is 1.97. The Bertz CT molecular complexity index is 232. The van der Waals surface area contributed by atoms with Crippen molar-refractivity contribution in [2.75, 3.05) is 0 Å². The van der Waals surface area contributed by atoms with Crippen LogP contribution in [0.3, 0.4) is 0 Å². The molecule has 0 N–H and O–H groups in total. The molecule has 0 aliphatic heterocycles. The molecule has 0 aromatic heterocycles. The van der Waals surface area contributed by atoms with Crippen LogP contribution in [0.5, 0.6) is 0 Å². The number of halogens is 2. The molecule has 0 saturated heterocycles. The second-order valence-electron chi connectivity index (χ2n) is 1.97. The Morgan fingerprint density at radius 1 is 1.27 bits per heavy atom. The Morgan fingerprint density at radius 3 is 2.27 bits per heavy atom. The average molecular weight is 209 g/mol. The Hall–Kier alpha value is 0.110. The monoisotopic (exact) mass is 208 g/mol. The van der Waals surface area contributed by atoms with Crippen LogP contribution in [0.1, 0.15) is 5.56 Å². The lowest BCUT2D eigenvalue weighted by molar-refractivity contribution is 0.372. The number of hydrogen-bond acceptors (Lipinski definition) is 2. The molecule has 0 radical (unpaired) electrons. The van der Waals surface area contributed by atoms with Crippen molar-refractivity contribution < 1.29 is 4.18 Å². The standard InChI is InChI=1S/C7H6Cl2OS/c8-6-2-1-3-7(9)5(6)4-10-11/h1-3,11H,4H2. The minimum Gasteiger partial charge on any atom is -0.314 e. The zero-order valence-electron chi connectivity index (χ0n) is 5.55. The maximum Gasteiger partial charge on any atom is 0.0890 e. The van der Waals surface area contributed by atoms with Gasteiger partial charge in [-0.3, -0.25) is 0 Å². The van der Waals surface area contributed by atoms with Crippen LogP contribution in [-0.4, -0.2) is 0 Å². The van der Waals surface area contributed by atoms with E-state index in [9.17, 15) is 0 Å². The van der Waals surface area contributed by atoms with Crippen molar-refractivity contribution >= 4 is 36.1 Å². The van der Waals surface area contributed by atoms with E-state index < -0.39 is 0 Å². The smallest absolute Gasteiger partial charge is 0.0890 e. The first kappa shape index (κ1) is 9.20. The van der Waals surface area contributed by atoms with Gasteiger partial charge in [0.15, 0.2) is 0 Å². The van der Waals surface area contributed by atoms with Crippen LogP contribution in [0.15, 0.2) is 18.2 Å². The van der Waals surface area contributed by atoms with Crippen molar-refractivity contribution in [3.05, 3.63) is 33.8 Å². The zero-order valence-corrected chi connectivity index (χ0v) is 7.96. The molecule has 0 fully saturated rings. The SMILES string of the molecule is SOCc1c(Cl)cccc1Cl. The van der Waals surface area contributed by atoms with E-state index in [1.54, 1.807) is 18.2 Å². The van der Waals surface area contributed by atoms with E-state index in [1.807, 2.05) is 0 Å². The molecular weight excluding hydrogens is 203 g/mol. The van der Waals surface area contributed by atoms with Crippen molar-refractivity contribution in [1.82, 2.24) is 0 Å². The number of thiol groups is 1. The molecule has 0 spiro atoms. The highest BCUT2D eigenvalue weighted by atomic mass is 35.5. The van der Waals surface area contributed by atoms with Crippen LogP contribution >= 0.6 is 36.1 Å². The summed E-state index contributed by atoms with van der Waals surface area (Å²) in [5.74, 6) is 0. The van der Waals surface area contributed by atoms with Gasteiger partial charge in [0.1, 0.15) is 0 Å². The highest BCUT2D eigenvalue weighted by Gasteiger charge is 2.03. The largest absolute Gasteiger partial charge is 0.314 e. The maximum atomic E-state index is 5.81. The molecule has 60 valence electrons. The summed E-state index contributed by atoms with van der Waals surface area (Å²) in [6.45, 7) is 0.321. The number of hydrogen-bond donors (Lipinski definition) is 1. The molecule has 11 heavy (non-hydrogen) atoms. The number of rotatable bonds is 2. The van der Waals surface area contributed by atoms with Gasteiger partial charge >= 0.3 is 0 Å². The van der Waals surface area contributed by atoms with Gasteiger partial charge in [0.25, 0.3) is 0 Å². The fourth-order valence-corrected chi connectivity index (χ4v) is 1.37. The molecule has 0 saturated carbocycles. The summed E-state index contributed by atoms with van der Waals surface area (Å²) >= 11 is 15.2. The number of benzene rings is 1. The summed E-state index contributed by atoms with van der Waals surface area (Å²) in [7, 11) is 0. The highest BCUT2D eigenvalue weighted by Crippen LogP contribution is 2.24. The van der Waals surface area contributed by atoms with E-state index in [-0.39, 0.29) is 0 Å². The summed E-state index contributed by atoms with van der Waals surface area (Å²) < 4.78 is 4.62. The predicted octanol–water partition coefficient (Wildman–Crippen LogP) is 3.35. The van der Waals surface area contributed by atoms with Gasteiger partial charge < -0.3 is 4.18 Å². The first-order valence-corrected chi connectivity index (χ1v) is 4.07. The summed E-state index contributed by atoms with van der Waals surface area (Å²) in [6, 6.07) is 5.30. The van der Waals surface area contributed by atoms with Crippen LogP contribution in [0, 0.1) is 0 Å². The molecule has 4 heteroatoms. The third-order valence-electron chi connectivity index (χ3n) is 1.27. The molecule has 1 aromatic rings. The summed E-state index contributed by atoms with van der Waals surface area (Å²) in [4.78, 5) is 0. The van der Waals surface area contributed by atoms with E-state index in [2.05, 4.69) is 17.1 Å². The van der Waals surface area contributed by atoms with Crippen LogP contribution in [-0.2, 0) is 10.8 Å². The van der Waals surface area contributed by atoms with Gasteiger partial charge in [-0.05, 0) is 25.0 Å². The molecule has 0 aliphatic rings. The van der Waals surface area contributed by atoms with E-state index >= 15 is 0 Å². The topological polar surface area (TPSA) is 9.23 Å². The van der Waals surface area contributed by atoms with Gasteiger partial charge in [0.05, 0.1) is 6.61 Å². The Labute approximate surface area is 80.9 Å². The lowest BCUT2D eigenvalue weighted by atomic mass is 10.2. The third-order valence-corrected chi connectivity index (χ3v) is 2.11. The molecule has 0 unspecified atom stereocenters. The first-order valence-electron chi connectivity index (χ1n) is 2.95. The van der Waals surface area contributed by atoms with Gasteiger partial charge in [-0.2, -0.15) is 0 Å². The fourth-order valence-electron chi connectivity index (χ4n) is 0.735. The van der Waals surface area contributed by atoms with Crippen LogP contribution in [0.4, 0.5) is 0 Å². The molecule has 0 aliphatic carbocycles. The molecule has 1 aromatic carbocycles. The predicted molar refractivity (Wildman–Crippen MR) is 50.2 cm³/mol. The Kier molecular flexibility index (Phi) is 3.52. The van der Waals surface area contributed by atoms with Gasteiger partial charge in [-0.1, -0.05) is 29.3 Å². The van der Waals surface area contributed by atoms with Gasteiger partial charge in [-0.25, -0.2) is 0 Å². The van der Waals surface area contributed by atoms with Crippen molar-refractivity contribution in [2.45, 2.75) is 6.61 Å². The Balaban J connectivity index is 3.00. The van der Waals surface area contributed by atoms with E-state index in [1.165, 1.54) is 0 Å². The third kappa shape index (κ3) is 2.27. The molecule has 0 bridgehead atoms. The quantitative estimate of drug-likeness (QED) is 0.580. The first-order chi connectivity index (χ1) is 5.25. The van der Waals surface area contributed by atoms with E-state index in [0.717, 1.165) is 5.56 Å². The normalized spacial score (nSPS) is 10.1. The van der Waals surface area contributed by atoms with Crippen molar-refractivity contribution in [3.8, 4) is 0 Å². The summed E-state index contributed by atoms with van der Waals surface area (Å²) in [5.41, 5.74) is 0.769. The van der Waals surface area contributed by atoms with E-state index in [4.69, 9.17) is 23.2 Å².